The van der Waals surface area contributed by atoms with Gasteiger partial charge < -0.3 is 0 Å². The predicted molar refractivity (Wildman–Crippen MR) is 96.5 cm³/mol. The summed E-state index contributed by atoms with van der Waals surface area (Å²) in [5.41, 5.74) is 1.40. The zero-order chi connectivity index (χ0) is 17.3. The Morgan fingerprint density at radius 1 is 1.42 bits per heavy atom. The monoisotopic (exact) mass is 363 g/mol. The number of hydrogen-bond donors (Lipinski definition) is 0. The van der Waals surface area contributed by atoms with Crippen molar-refractivity contribution in [3.8, 4) is 5.69 Å². The summed E-state index contributed by atoms with van der Waals surface area (Å²) in [7, 11) is 0. The lowest BCUT2D eigenvalue weighted by Gasteiger charge is -2.16. The number of benzene rings is 1. The van der Waals surface area contributed by atoms with Crippen molar-refractivity contribution in [1.82, 2.24) is 9.55 Å². The minimum atomic E-state index is -0.446. The molecule has 1 aromatic heterocycles. The van der Waals surface area contributed by atoms with Gasteiger partial charge in [0.2, 0.25) is 0 Å². The molecule has 0 amide bonds. The molecule has 0 aliphatic carbocycles. The van der Waals surface area contributed by atoms with Crippen molar-refractivity contribution in [3.05, 3.63) is 50.4 Å². The Morgan fingerprint density at radius 2 is 2.12 bits per heavy atom. The fourth-order valence-electron chi connectivity index (χ4n) is 2.39. The molecule has 6 nitrogen and oxygen atoms in total. The smallest absolute Gasteiger partial charge is 0.268 e. The molecule has 3 rings (SSSR count). The molecule has 2 aromatic rings. The molecular weight excluding hydrogens is 346 g/mol. The minimum absolute atomic E-state index is 0.00595. The van der Waals surface area contributed by atoms with Gasteiger partial charge in [-0.2, -0.15) is 0 Å². The Labute approximate surface area is 147 Å². The molecular formula is C16H17N3O3S2. The third-order valence-corrected chi connectivity index (χ3v) is 6.19. The van der Waals surface area contributed by atoms with Crippen molar-refractivity contribution in [3.63, 3.8) is 0 Å². The molecule has 0 saturated carbocycles. The lowest BCUT2D eigenvalue weighted by molar-refractivity contribution is -0.384. The van der Waals surface area contributed by atoms with Gasteiger partial charge in [0, 0.05) is 29.6 Å². The van der Waals surface area contributed by atoms with E-state index in [2.05, 4.69) is 13.8 Å². The van der Waals surface area contributed by atoms with Gasteiger partial charge in [0.1, 0.15) is 0 Å². The highest BCUT2D eigenvalue weighted by Gasteiger charge is 2.23. The summed E-state index contributed by atoms with van der Waals surface area (Å²) in [6.07, 6.45) is 1.77. The van der Waals surface area contributed by atoms with E-state index in [9.17, 15) is 14.9 Å². The van der Waals surface area contributed by atoms with Crippen LogP contribution in [0.5, 0.6) is 0 Å². The van der Waals surface area contributed by atoms with Crippen LogP contribution in [0.2, 0.25) is 0 Å². The standard InChI is InChI=1S/C16H17N3O3S2/c1-3-10(2)24-16-17-13-8-9-23-14(13)15(20)18(16)11-4-6-12(7-5-11)19(21)22/h4-7,10H,3,8-9H2,1-2H3/t10-/m0/s1. The van der Waals surface area contributed by atoms with Gasteiger partial charge in [0.25, 0.3) is 11.2 Å². The first kappa shape index (κ1) is 17.0. The molecule has 0 radical (unpaired) electrons. The number of aryl methyl sites for hydroxylation is 1. The average Bonchev–Trinajstić information content (AvgIpc) is 3.04. The van der Waals surface area contributed by atoms with Gasteiger partial charge in [-0.15, -0.1) is 11.8 Å². The van der Waals surface area contributed by atoms with E-state index in [-0.39, 0.29) is 11.2 Å². The maximum Gasteiger partial charge on any atom is 0.272 e. The van der Waals surface area contributed by atoms with Crippen molar-refractivity contribution in [2.24, 2.45) is 0 Å². The number of hydrogen-bond acceptors (Lipinski definition) is 6. The summed E-state index contributed by atoms with van der Waals surface area (Å²) in [6, 6.07) is 6.04. The molecule has 126 valence electrons. The van der Waals surface area contributed by atoms with Crippen LogP contribution in [-0.2, 0) is 6.42 Å². The van der Waals surface area contributed by atoms with Crippen LogP contribution in [0.15, 0.2) is 39.1 Å². The number of nitrogens with zero attached hydrogens (tertiary/aromatic N) is 3. The van der Waals surface area contributed by atoms with Crippen LogP contribution in [0, 0.1) is 10.1 Å². The second-order valence-electron chi connectivity index (χ2n) is 5.52. The van der Waals surface area contributed by atoms with Crippen LogP contribution in [0.3, 0.4) is 0 Å². The number of nitro groups is 1. The van der Waals surface area contributed by atoms with Crippen molar-refractivity contribution < 1.29 is 4.92 Å². The highest BCUT2D eigenvalue weighted by atomic mass is 32.2. The Morgan fingerprint density at radius 3 is 2.75 bits per heavy atom. The van der Waals surface area contributed by atoms with Crippen molar-refractivity contribution in [2.45, 2.75) is 42.0 Å². The first-order valence-corrected chi connectivity index (χ1v) is 9.58. The molecule has 1 aromatic carbocycles. The number of thioether (sulfide) groups is 2. The molecule has 0 unspecified atom stereocenters. The minimum Gasteiger partial charge on any atom is -0.268 e. The largest absolute Gasteiger partial charge is 0.272 e. The molecule has 0 bridgehead atoms. The maximum atomic E-state index is 12.9. The lowest BCUT2D eigenvalue weighted by atomic mass is 10.2. The number of fused-ring (bicyclic) bond motifs is 1. The van der Waals surface area contributed by atoms with E-state index < -0.39 is 4.92 Å². The second kappa shape index (κ2) is 6.98. The predicted octanol–water partition coefficient (Wildman–Crippen LogP) is 3.68. The van der Waals surface area contributed by atoms with Crippen LogP contribution < -0.4 is 5.56 Å². The number of nitro benzene ring substituents is 1. The molecule has 1 aliphatic rings. The third-order valence-electron chi connectivity index (χ3n) is 3.87. The summed E-state index contributed by atoms with van der Waals surface area (Å²) >= 11 is 3.10. The van der Waals surface area contributed by atoms with E-state index in [1.165, 1.54) is 23.9 Å². The molecule has 0 N–H and O–H groups in total. The molecule has 8 heteroatoms. The van der Waals surface area contributed by atoms with E-state index in [1.54, 1.807) is 28.5 Å². The Hall–Kier alpha value is -1.80. The highest BCUT2D eigenvalue weighted by Crippen LogP contribution is 2.32. The number of non-ortho nitro benzene ring substituents is 1. The summed E-state index contributed by atoms with van der Waals surface area (Å²) in [5, 5.41) is 11.8. The fourth-order valence-corrected chi connectivity index (χ4v) is 4.40. The Balaban J connectivity index is 2.14. The van der Waals surface area contributed by atoms with Crippen LogP contribution >= 0.6 is 23.5 Å². The Bertz CT molecular complexity index is 834. The van der Waals surface area contributed by atoms with E-state index in [4.69, 9.17) is 4.98 Å². The molecule has 1 atom stereocenters. The van der Waals surface area contributed by atoms with Crippen LogP contribution in [0.1, 0.15) is 26.0 Å². The number of aromatic nitrogens is 2. The van der Waals surface area contributed by atoms with E-state index in [1.807, 2.05) is 0 Å². The van der Waals surface area contributed by atoms with Gasteiger partial charge in [0.05, 0.1) is 21.2 Å². The molecule has 0 spiro atoms. The maximum absolute atomic E-state index is 12.9. The second-order valence-corrected chi connectivity index (χ2v) is 8.03. The lowest BCUT2D eigenvalue weighted by Crippen LogP contribution is -2.24. The summed E-state index contributed by atoms with van der Waals surface area (Å²) in [6.45, 7) is 4.19. The topological polar surface area (TPSA) is 78.0 Å². The van der Waals surface area contributed by atoms with Gasteiger partial charge in [0.15, 0.2) is 5.16 Å². The molecule has 1 aliphatic heterocycles. The SMILES string of the molecule is CC[C@H](C)Sc1nc2c(c(=O)n1-c1ccc([N+](=O)[O-])cc1)SCC2. The molecule has 2 heterocycles. The molecule has 0 fully saturated rings. The van der Waals surface area contributed by atoms with E-state index in [0.29, 0.717) is 21.0 Å². The van der Waals surface area contributed by atoms with Crippen molar-refractivity contribution in [1.29, 1.82) is 0 Å². The van der Waals surface area contributed by atoms with E-state index in [0.717, 1.165) is 24.3 Å². The zero-order valence-electron chi connectivity index (χ0n) is 13.4. The summed E-state index contributed by atoms with van der Waals surface area (Å²) in [5.74, 6) is 0.870. The van der Waals surface area contributed by atoms with E-state index >= 15 is 0 Å². The van der Waals surface area contributed by atoms with Crippen molar-refractivity contribution in [2.75, 3.05) is 5.75 Å². The summed E-state index contributed by atoms with van der Waals surface area (Å²) in [4.78, 5) is 28.7. The normalized spacial score (nSPS) is 14.4. The number of rotatable bonds is 5. The highest BCUT2D eigenvalue weighted by molar-refractivity contribution is 8.00. The van der Waals surface area contributed by atoms with Gasteiger partial charge in [-0.25, -0.2) is 4.98 Å². The van der Waals surface area contributed by atoms with Crippen LogP contribution in [-0.4, -0.2) is 25.5 Å². The van der Waals surface area contributed by atoms with Crippen molar-refractivity contribution >= 4 is 29.2 Å². The average molecular weight is 363 g/mol. The quantitative estimate of drug-likeness (QED) is 0.349. The van der Waals surface area contributed by atoms with Gasteiger partial charge >= 0.3 is 0 Å². The third kappa shape index (κ3) is 3.21. The van der Waals surface area contributed by atoms with Gasteiger partial charge in [-0.1, -0.05) is 25.6 Å². The molecule has 24 heavy (non-hydrogen) atoms. The Kier molecular flexibility index (Phi) is 4.96. The van der Waals surface area contributed by atoms with Gasteiger partial charge in [-0.05, 0) is 18.6 Å². The van der Waals surface area contributed by atoms with Crippen LogP contribution in [0.4, 0.5) is 5.69 Å². The summed E-state index contributed by atoms with van der Waals surface area (Å²) < 4.78 is 1.58. The first-order valence-electron chi connectivity index (χ1n) is 7.71. The van der Waals surface area contributed by atoms with Gasteiger partial charge in [-0.3, -0.25) is 19.5 Å². The zero-order valence-corrected chi connectivity index (χ0v) is 15.0. The van der Waals surface area contributed by atoms with Crippen LogP contribution in [0.25, 0.3) is 5.69 Å². The molecule has 0 saturated heterocycles. The first-order chi connectivity index (χ1) is 11.5. The fraction of sp³-hybridized carbons (Fsp3) is 0.375.